The Labute approximate surface area is 154 Å². The number of hydrogen-bond acceptors (Lipinski definition) is 5. The van der Waals surface area contributed by atoms with Crippen LogP contribution in [0.15, 0.2) is 30.3 Å². The van der Waals surface area contributed by atoms with E-state index in [-0.39, 0.29) is 31.9 Å². The van der Waals surface area contributed by atoms with E-state index >= 15 is 0 Å². The molecule has 6 heteroatoms. The van der Waals surface area contributed by atoms with E-state index in [1.54, 1.807) is 27.7 Å². The van der Waals surface area contributed by atoms with Crippen LogP contribution in [0.4, 0.5) is 4.79 Å². The molecule has 0 aromatic heterocycles. The summed E-state index contributed by atoms with van der Waals surface area (Å²) in [7, 11) is 0. The predicted molar refractivity (Wildman–Crippen MR) is 96.7 cm³/mol. The first kappa shape index (κ1) is 19.9. The molecule has 1 aliphatic rings. The number of rotatable bonds is 3. The van der Waals surface area contributed by atoms with Gasteiger partial charge in [-0.15, -0.1) is 0 Å². The molecule has 1 amide bonds. The largest absolute Gasteiger partial charge is 0.465 e. The van der Waals surface area contributed by atoms with Gasteiger partial charge in [-0.1, -0.05) is 30.3 Å². The molecule has 1 aliphatic heterocycles. The van der Waals surface area contributed by atoms with Gasteiger partial charge in [0.2, 0.25) is 0 Å². The molecule has 0 saturated carbocycles. The monoisotopic (exact) mass is 361 g/mol. The van der Waals surface area contributed by atoms with E-state index in [4.69, 9.17) is 9.47 Å². The molecule has 2 atom stereocenters. The van der Waals surface area contributed by atoms with Crippen molar-refractivity contribution in [3.63, 3.8) is 0 Å². The number of Topliss-reactive ketones (excluding diaryl/α,β-unsaturated/α-hetero) is 1. The SMILES string of the molecule is CCOC(=O)C1CCN(C(=O)OC(C)(C)C)CC(c2ccccc2)C1=O. The number of esters is 1. The summed E-state index contributed by atoms with van der Waals surface area (Å²) in [5, 5.41) is 0. The van der Waals surface area contributed by atoms with Crippen LogP contribution in [0.3, 0.4) is 0 Å². The van der Waals surface area contributed by atoms with Crippen LogP contribution in [0.5, 0.6) is 0 Å². The van der Waals surface area contributed by atoms with Crippen LogP contribution in [0.1, 0.15) is 45.6 Å². The Morgan fingerprint density at radius 2 is 1.85 bits per heavy atom. The second-order valence-corrected chi connectivity index (χ2v) is 7.39. The average Bonchev–Trinajstić information content (AvgIpc) is 2.74. The third-order valence-corrected chi connectivity index (χ3v) is 4.20. The van der Waals surface area contributed by atoms with Gasteiger partial charge in [0.1, 0.15) is 11.5 Å². The molecule has 2 unspecified atom stereocenters. The van der Waals surface area contributed by atoms with Gasteiger partial charge >= 0.3 is 12.1 Å². The summed E-state index contributed by atoms with van der Waals surface area (Å²) in [6.45, 7) is 7.77. The van der Waals surface area contributed by atoms with Gasteiger partial charge in [-0.05, 0) is 39.7 Å². The van der Waals surface area contributed by atoms with Gasteiger partial charge in [0.15, 0.2) is 5.78 Å². The fraction of sp³-hybridized carbons (Fsp3) is 0.550. The number of nitrogens with zero attached hydrogens (tertiary/aromatic N) is 1. The van der Waals surface area contributed by atoms with Crippen LogP contribution in [0.2, 0.25) is 0 Å². The summed E-state index contributed by atoms with van der Waals surface area (Å²) < 4.78 is 10.5. The number of ether oxygens (including phenoxy) is 2. The van der Waals surface area contributed by atoms with Crippen molar-refractivity contribution in [1.29, 1.82) is 0 Å². The summed E-state index contributed by atoms with van der Waals surface area (Å²) in [5.74, 6) is -2.18. The molecular weight excluding hydrogens is 334 g/mol. The third kappa shape index (κ3) is 5.07. The van der Waals surface area contributed by atoms with Crippen LogP contribution < -0.4 is 0 Å². The lowest BCUT2D eigenvalue weighted by atomic mass is 9.87. The summed E-state index contributed by atoms with van der Waals surface area (Å²) >= 11 is 0. The Balaban J connectivity index is 2.30. The molecule has 0 N–H and O–H groups in total. The first-order chi connectivity index (χ1) is 12.2. The minimum Gasteiger partial charge on any atom is -0.465 e. The minimum atomic E-state index is -0.868. The smallest absolute Gasteiger partial charge is 0.410 e. The van der Waals surface area contributed by atoms with Crippen LogP contribution in [0.25, 0.3) is 0 Å². The predicted octanol–water partition coefficient (Wildman–Crippen LogP) is 3.16. The number of likely N-dealkylation sites (tertiary alicyclic amines) is 1. The first-order valence-electron chi connectivity index (χ1n) is 8.96. The maximum absolute atomic E-state index is 13.0. The van der Waals surface area contributed by atoms with E-state index < -0.39 is 29.5 Å². The Morgan fingerprint density at radius 3 is 2.42 bits per heavy atom. The van der Waals surface area contributed by atoms with Crippen molar-refractivity contribution in [1.82, 2.24) is 4.90 Å². The van der Waals surface area contributed by atoms with Gasteiger partial charge in [-0.3, -0.25) is 9.59 Å². The molecule has 2 rings (SSSR count). The highest BCUT2D eigenvalue weighted by Gasteiger charge is 2.40. The molecule has 1 heterocycles. The Morgan fingerprint density at radius 1 is 1.19 bits per heavy atom. The number of ketones is 1. The summed E-state index contributed by atoms with van der Waals surface area (Å²) in [4.78, 5) is 39.3. The Kier molecular flexibility index (Phi) is 6.40. The van der Waals surface area contributed by atoms with Crippen molar-refractivity contribution in [2.45, 2.75) is 45.6 Å². The van der Waals surface area contributed by atoms with Crippen LogP contribution >= 0.6 is 0 Å². The lowest BCUT2D eigenvalue weighted by molar-refractivity contribution is -0.151. The zero-order valence-electron chi connectivity index (χ0n) is 15.9. The highest BCUT2D eigenvalue weighted by atomic mass is 16.6. The van der Waals surface area contributed by atoms with Crippen molar-refractivity contribution >= 4 is 17.8 Å². The summed E-state index contributed by atoms with van der Waals surface area (Å²) in [5.41, 5.74) is 0.151. The summed E-state index contributed by atoms with van der Waals surface area (Å²) in [6.07, 6.45) is -0.240. The van der Waals surface area contributed by atoms with Crippen molar-refractivity contribution in [2.75, 3.05) is 19.7 Å². The van der Waals surface area contributed by atoms with E-state index in [2.05, 4.69) is 0 Å². The summed E-state index contributed by atoms with van der Waals surface area (Å²) in [6, 6.07) is 9.21. The molecule has 142 valence electrons. The second kappa shape index (κ2) is 8.34. The molecular formula is C20H27NO5. The van der Waals surface area contributed by atoms with Gasteiger partial charge in [0.25, 0.3) is 0 Å². The molecule has 1 fully saturated rings. The number of carbonyl (C=O) groups excluding carboxylic acids is 3. The van der Waals surface area contributed by atoms with Gasteiger partial charge in [0, 0.05) is 13.1 Å². The fourth-order valence-electron chi connectivity index (χ4n) is 3.00. The maximum atomic E-state index is 13.0. The van der Waals surface area contributed by atoms with E-state index in [1.807, 2.05) is 30.3 Å². The zero-order chi connectivity index (χ0) is 19.3. The van der Waals surface area contributed by atoms with Crippen LogP contribution in [-0.4, -0.2) is 48.0 Å². The van der Waals surface area contributed by atoms with Gasteiger partial charge in [-0.2, -0.15) is 0 Å². The second-order valence-electron chi connectivity index (χ2n) is 7.39. The van der Waals surface area contributed by atoms with E-state index in [0.29, 0.717) is 0 Å². The normalized spacial score (nSPS) is 21.1. The molecule has 26 heavy (non-hydrogen) atoms. The van der Waals surface area contributed by atoms with Crippen molar-refractivity contribution in [3.05, 3.63) is 35.9 Å². The van der Waals surface area contributed by atoms with Crippen LogP contribution in [0, 0.1) is 5.92 Å². The molecule has 0 spiro atoms. The number of benzene rings is 1. The van der Waals surface area contributed by atoms with E-state index in [1.165, 1.54) is 4.90 Å². The topological polar surface area (TPSA) is 72.9 Å². The molecule has 0 radical (unpaired) electrons. The van der Waals surface area contributed by atoms with Crippen molar-refractivity contribution < 1.29 is 23.9 Å². The quantitative estimate of drug-likeness (QED) is 0.611. The lowest BCUT2D eigenvalue weighted by Crippen LogP contribution is -2.39. The van der Waals surface area contributed by atoms with Crippen molar-refractivity contribution in [3.8, 4) is 0 Å². The number of carbonyl (C=O) groups is 3. The Hall–Kier alpha value is -2.37. The highest BCUT2D eigenvalue weighted by Crippen LogP contribution is 2.28. The number of amides is 1. The lowest BCUT2D eigenvalue weighted by Gasteiger charge is -2.28. The first-order valence-corrected chi connectivity index (χ1v) is 8.96. The molecule has 1 aromatic carbocycles. The maximum Gasteiger partial charge on any atom is 0.410 e. The standard InChI is InChI=1S/C20H27NO5/c1-5-25-18(23)15-11-12-21(19(24)26-20(2,3)4)13-16(17(15)22)14-9-7-6-8-10-14/h6-10,15-16H,5,11-13H2,1-4H3. The van der Waals surface area contributed by atoms with Gasteiger partial charge < -0.3 is 14.4 Å². The Bertz CT molecular complexity index is 650. The molecule has 0 bridgehead atoms. The van der Waals surface area contributed by atoms with E-state index in [0.717, 1.165) is 5.56 Å². The molecule has 6 nitrogen and oxygen atoms in total. The minimum absolute atomic E-state index is 0.188. The van der Waals surface area contributed by atoms with Gasteiger partial charge in [0.05, 0.1) is 12.5 Å². The van der Waals surface area contributed by atoms with Gasteiger partial charge in [-0.25, -0.2) is 4.79 Å². The van der Waals surface area contributed by atoms with Crippen LogP contribution in [-0.2, 0) is 19.1 Å². The molecule has 1 aromatic rings. The third-order valence-electron chi connectivity index (χ3n) is 4.20. The van der Waals surface area contributed by atoms with E-state index in [9.17, 15) is 14.4 Å². The number of hydrogen-bond donors (Lipinski definition) is 0. The van der Waals surface area contributed by atoms with Crippen molar-refractivity contribution in [2.24, 2.45) is 5.92 Å². The molecule has 1 saturated heterocycles. The average molecular weight is 361 g/mol. The zero-order valence-corrected chi connectivity index (χ0v) is 15.9. The fourth-order valence-corrected chi connectivity index (χ4v) is 3.00. The molecule has 0 aliphatic carbocycles. The highest BCUT2D eigenvalue weighted by molar-refractivity contribution is 6.03.